The summed E-state index contributed by atoms with van der Waals surface area (Å²) in [6.07, 6.45) is 1.46. The van der Waals surface area contributed by atoms with Gasteiger partial charge in [0.25, 0.3) is 5.91 Å². The van der Waals surface area contributed by atoms with Gasteiger partial charge in [0.15, 0.2) is 5.00 Å². The third-order valence-corrected chi connectivity index (χ3v) is 4.11. The normalized spacial score (nSPS) is 11.0. The van der Waals surface area contributed by atoms with Gasteiger partial charge in [-0.3, -0.25) is 4.79 Å². The molecule has 1 amide bonds. The maximum atomic E-state index is 11.2. The van der Waals surface area contributed by atoms with Crippen molar-refractivity contribution in [1.82, 2.24) is 9.36 Å². The van der Waals surface area contributed by atoms with Crippen LogP contribution < -0.4 is 5.73 Å². The minimum Gasteiger partial charge on any atom is -0.507 e. The van der Waals surface area contributed by atoms with Gasteiger partial charge in [0.2, 0.25) is 0 Å². The fourth-order valence-electron chi connectivity index (χ4n) is 1.93. The predicted molar refractivity (Wildman–Crippen MR) is 87.9 cm³/mol. The number of carbonyl (C=O) groups excluding carboxylic acids is 1. The number of carbonyl (C=O) groups is 1. The summed E-state index contributed by atoms with van der Waals surface area (Å²) in [7, 11) is 0. The van der Waals surface area contributed by atoms with Gasteiger partial charge in [-0.25, -0.2) is 4.98 Å². The summed E-state index contributed by atoms with van der Waals surface area (Å²) in [5.41, 5.74) is 6.01. The van der Waals surface area contributed by atoms with Crippen molar-refractivity contribution in [2.24, 2.45) is 16.0 Å². The molecule has 2 heterocycles. The van der Waals surface area contributed by atoms with Crippen molar-refractivity contribution >= 4 is 50.6 Å². The second-order valence-corrected chi connectivity index (χ2v) is 5.66. The summed E-state index contributed by atoms with van der Waals surface area (Å²) in [5.74, 6) is -1.01. The zero-order chi connectivity index (χ0) is 17.3. The molecule has 118 valence electrons. The number of pyridine rings is 1. The number of fused-ring (bicyclic) bond motifs is 1. The van der Waals surface area contributed by atoms with E-state index in [4.69, 9.17) is 22.6 Å². The molecule has 0 radical (unpaired) electrons. The number of phenols is 1. The first-order valence-electron chi connectivity index (χ1n) is 6.40. The summed E-state index contributed by atoms with van der Waals surface area (Å²) in [4.78, 5) is 15.1. The van der Waals surface area contributed by atoms with E-state index in [2.05, 4.69) is 19.6 Å². The molecule has 0 aliphatic heterocycles. The Morgan fingerprint density at radius 3 is 2.92 bits per heavy atom. The second-order valence-electron chi connectivity index (χ2n) is 4.55. The molecule has 0 atom stereocenters. The van der Waals surface area contributed by atoms with E-state index >= 15 is 0 Å². The van der Waals surface area contributed by atoms with E-state index < -0.39 is 5.91 Å². The molecule has 3 rings (SSSR count). The molecule has 0 spiro atoms. The summed E-state index contributed by atoms with van der Waals surface area (Å²) in [6.45, 7) is 0. The average molecular weight is 359 g/mol. The molecule has 10 heteroatoms. The van der Waals surface area contributed by atoms with Crippen molar-refractivity contribution in [2.75, 3.05) is 0 Å². The highest BCUT2D eigenvalue weighted by molar-refractivity contribution is 7.11. The molecule has 3 N–H and O–H groups in total. The smallest absolute Gasteiger partial charge is 0.252 e. The standard InChI is InChI=1S/C14H7ClN6O2S/c15-12-8(4-16)11-9(5-18-12)14(24-21-11)20-19-6-1-2-10(22)7(3-6)13(17)23/h1-3,5,22H,(H2,17,23)/b20-19+. The van der Waals surface area contributed by atoms with Crippen LogP contribution in [-0.4, -0.2) is 20.4 Å². The first kappa shape index (κ1) is 15.8. The van der Waals surface area contributed by atoms with Crippen molar-refractivity contribution in [2.45, 2.75) is 0 Å². The molecule has 0 fully saturated rings. The molecule has 3 aromatic rings. The summed E-state index contributed by atoms with van der Waals surface area (Å²) >= 11 is 6.89. The topological polar surface area (TPSA) is 138 Å². The van der Waals surface area contributed by atoms with Gasteiger partial charge in [-0.05, 0) is 29.7 Å². The number of benzene rings is 1. The van der Waals surface area contributed by atoms with E-state index in [9.17, 15) is 9.90 Å². The molecular formula is C14H7ClN6O2S. The van der Waals surface area contributed by atoms with Crippen molar-refractivity contribution in [3.63, 3.8) is 0 Å². The molecule has 0 saturated heterocycles. The Labute approximate surface area is 144 Å². The van der Waals surface area contributed by atoms with Crippen LogP contribution in [0.25, 0.3) is 10.9 Å². The van der Waals surface area contributed by atoms with Gasteiger partial charge < -0.3 is 10.8 Å². The Balaban J connectivity index is 2.02. The zero-order valence-corrected chi connectivity index (χ0v) is 13.3. The van der Waals surface area contributed by atoms with E-state index in [1.54, 1.807) is 0 Å². The minimum atomic E-state index is -0.773. The van der Waals surface area contributed by atoms with Gasteiger partial charge >= 0.3 is 0 Å². The van der Waals surface area contributed by atoms with E-state index in [0.29, 0.717) is 21.6 Å². The Kier molecular flexibility index (Phi) is 4.07. The first-order chi connectivity index (χ1) is 11.5. The Morgan fingerprint density at radius 2 is 2.21 bits per heavy atom. The maximum Gasteiger partial charge on any atom is 0.252 e. The number of aromatic nitrogens is 2. The summed E-state index contributed by atoms with van der Waals surface area (Å²) in [6, 6.07) is 6.05. The highest BCUT2D eigenvalue weighted by atomic mass is 35.5. The molecule has 0 aliphatic rings. The monoisotopic (exact) mass is 358 g/mol. The van der Waals surface area contributed by atoms with Crippen LogP contribution in [0.2, 0.25) is 5.15 Å². The molecule has 8 nitrogen and oxygen atoms in total. The zero-order valence-electron chi connectivity index (χ0n) is 11.8. The Bertz CT molecular complexity index is 1040. The molecule has 24 heavy (non-hydrogen) atoms. The van der Waals surface area contributed by atoms with Gasteiger partial charge in [-0.15, -0.1) is 10.2 Å². The van der Waals surface area contributed by atoms with E-state index in [1.807, 2.05) is 6.07 Å². The van der Waals surface area contributed by atoms with Crippen molar-refractivity contribution in [1.29, 1.82) is 5.26 Å². The molecular weight excluding hydrogens is 352 g/mol. The van der Waals surface area contributed by atoms with Gasteiger partial charge in [0.1, 0.15) is 28.1 Å². The van der Waals surface area contributed by atoms with Crippen molar-refractivity contribution < 1.29 is 9.90 Å². The lowest BCUT2D eigenvalue weighted by atomic mass is 10.2. The van der Waals surface area contributed by atoms with Crippen LogP contribution in [0.3, 0.4) is 0 Å². The third-order valence-electron chi connectivity index (χ3n) is 3.07. The van der Waals surface area contributed by atoms with E-state index in [-0.39, 0.29) is 22.0 Å². The Hall–Kier alpha value is -3.09. The fraction of sp³-hybridized carbons (Fsp3) is 0. The van der Waals surface area contributed by atoms with Crippen LogP contribution in [0.4, 0.5) is 10.7 Å². The van der Waals surface area contributed by atoms with Crippen LogP contribution in [0.15, 0.2) is 34.6 Å². The number of nitriles is 1. The van der Waals surface area contributed by atoms with Crippen LogP contribution in [-0.2, 0) is 0 Å². The highest BCUT2D eigenvalue weighted by Crippen LogP contribution is 2.35. The minimum absolute atomic E-state index is 0.0548. The number of nitrogens with two attached hydrogens (primary N) is 1. The lowest BCUT2D eigenvalue weighted by Crippen LogP contribution is -2.10. The van der Waals surface area contributed by atoms with Gasteiger partial charge in [-0.1, -0.05) is 11.6 Å². The number of amides is 1. The Morgan fingerprint density at radius 1 is 1.42 bits per heavy atom. The fourth-order valence-corrected chi connectivity index (χ4v) is 2.80. The number of azo groups is 1. The number of hydrogen-bond acceptors (Lipinski definition) is 8. The van der Waals surface area contributed by atoms with Gasteiger partial charge in [-0.2, -0.15) is 9.64 Å². The number of nitrogens with zero attached hydrogens (tertiary/aromatic N) is 5. The molecule has 0 saturated carbocycles. The highest BCUT2D eigenvalue weighted by Gasteiger charge is 2.14. The van der Waals surface area contributed by atoms with Crippen LogP contribution >= 0.6 is 23.1 Å². The number of hydrogen-bond donors (Lipinski definition) is 2. The molecule has 1 aromatic carbocycles. The third kappa shape index (κ3) is 2.76. The largest absolute Gasteiger partial charge is 0.507 e. The van der Waals surface area contributed by atoms with Crippen molar-refractivity contribution in [3.05, 3.63) is 40.7 Å². The molecule has 2 aromatic heterocycles. The average Bonchev–Trinajstić information content (AvgIpc) is 2.97. The number of rotatable bonds is 3. The lowest BCUT2D eigenvalue weighted by molar-refractivity contribution is 0.0998. The van der Waals surface area contributed by atoms with Crippen LogP contribution in [0.1, 0.15) is 15.9 Å². The SMILES string of the molecule is N#Cc1c(Cl)ncc2c(/N=N/c3ccc(O)c(C(N)=O)c3)snc12. The summed E-state index contributed by atoms with van der Waals surface area (Å²) in [5, 5.41) is 27.8. The molecule has 0 aliphatic carbocycles. The number of primary amides is 1. The van der Waals surface area contributed by atoms with Crippen LogP contribution in [0, 0.1) is 11.3 Å². The first-order valence-corrected chi connectivity index (χ1v) is 7.55. The molecule has 0 unspecified atom stereocenters. The van der Waals surface area contributed by atoms with E-state index in [0.717, 1.165) is 11.5 Å². The predicted octanol–water partition coefficient (Wildman–Crippen LogP) is 3.44. The number of aromatic hydroxyl groups is 1. The lowest BCUT2D eigenvalue weighted by Gasteiger charge is -2.00. The second kappa shape index (κ2) is 6.19. The van der Waals surface area contributed by atoms with Gasteiger partial charge in [0.05, 0.1) is 16.6 Å². The maximum absolute atomic E-state index is 11.2. The van der Waals surface area contributed by atoms with Crippen LogP contribution in [0.5, 0.6) is 5.75 Å². The quantitative estimate of drug-likeness (QED) is 0.545. The van der Waals surface area contributed by atoms with Crippen molar-refractivity contribution in [3.8, 4) is 11.8 Å². The molecule has 0 bridgehead atoms. The van der Waals surface area contributed by atoms with Gasteiger partial charge in [0, 0.05) is 6.20 Å². The van der Waals surface area contributed by atoms with E-state index in [1.165, 1.54) is 24.4 Å². The number of halogens is 1. The summed E-state index contributed by atoms with van der Waals surface area (Å²) < 4.78 is 4.15.